The van der Waals surface area contributed by atoms with Crippen molar-refractivity contribution in [2.45, 2.75) is 16.2 Å². The summed E-state index contributed by atoms with van der Waals surface area (Å²) in [7, 11) is -3.52. The Labute approximate surface area is 165 Å². The zero-order valence-electron chi connectivity index (χ0n) is 14.5. The molecule has 1 amide bonds. The van der Waals surface area contributed by atoms with E-state index >= 15 is 0 Å². The Hall–Kier alpha value is -2.30. The lowest BCUT2D eigenvalue weighted by molar-refractivity contribution is -0.0328. The fourth-order valence-electron chi connectivity index (χ4n) is 2.21. The summed E-state index contributed by atoms with van der Waals surface area (Å²) in [6, 6.07) is 11.4. The van der Waals surface area contributed by atoms with Gasteiger partial charge < -0.3 is 5.32 Å². The van der Waals surface area contributed by atoms with E-state index in [2.05, 4.69) is 16.6 Å². The number of nitrogens with one attached hydrogen (secondary N) is 2. The molecular formula is C18H17F3N2O3S2. The fraction of sp³-hybridized carbons (Fsp3) is 0.167. The summed E-state index contributed by atoms with van der Waals surface area (Å²) in [5.41, 5.74) is -3.80. The molecule has 2 N–H and O–H groups in total. The van der Waals surface area contributed by atoms with Crippen LogP contribution in [0.1, 0.15) is 15.9 Å². The van der Waals surface area contributed by atoms with Gasteiger partial charge in [-0.05, 0) is 41.6 Å². The van der Waals surface area contributed by atoms with E-state index in [9.17, 15) is 26.4 Å². The predicted molar refractivity (Wildman–Crippen MR) is 104 cm³/mol. The number of thioether (sulfide) groups is 1. The summed E-state index contributed by atoms with van der Waals surface area (Å²) in [6.07, 6.45) is 1.42. The van der Waals surface area contributed by atoms with Gasteiger partial charge in [0.1, 0.15) is 0 Å². The predicted octanol–water partition coefficient (Wildman–Crippen LogP) is 4.16. The molecule has 0 saturated heterocycles. The number of rotatable bonds is 8. The van der Waals surface area contributed by atoms with E-state index in [1.807, 2.05) is 0 Å². The van der Waals surface area contributed by atoms with E-state index in [4.69, 9.17) is 0 Å². The van der Waals surface area contributed by atoms with Gasteiger partial charge in [0.25, 0.3) is 5.91 Å². The van der Waals surface area contributed by atoms with Gasteiger partial charge in [0.15, 0.2) is 0 Å². The zero-order valence-corrected chi connectivity index (χ0v) is 16.1. The highest BCUT2D eigenvalue weighted by Crippen LogP contribution is 2.38. The molecule has 0 aliphatic carbocycles. The van der Waals surface area contributed by atoms with Crippen LogP contribution >= 0.6 is 11.8 Å². The molecule has 0 bridgehead atoms. The maximum atomic E-state index is 12.6. The number of halogens is 3. The number of benzene rings is 2. The first-order valence-electron chi connectivity index (χ1n) is 7.93. The number of amides is 1. The first-order valence-corrected chi connectivity index (χ1v) is 10.4. The van der Waals surface area contributed by atoms with Gasteiger partial charge >= 0.3 is 5.51 Å². The molecule has 28 heavy (non-hydrogen) atoms. The Morgan fingerprint density at radius 3 is 2.36 bits per heavy atom. The van der Waals surface area contributed by atoms with Crippen molar-refractivity contribution >= 4 is 33.4 Å². The lowest BCUT2D eigenvalue weighted by atomic mass is 10.2. The van der Waals surface area contributed by atoms with Gasteiger partial charge in [0.05, 0.1) is 11.3 Å². The normalized spacial score (nSPS) is 11.8. The van der Waals surface area contributed by atoms with E-state index in [1.165, 1.54) is 54.6 Å². The first-order chi connectivity index (χ1) is 13.1. The largest absolute Gasteiger partial charge is 0.446 e. The summed E-state index contributed by atoms with van der Waals surface area (Å²) in [6.45, 7) is 3.55. The molecule has 0 aliphatic rings. The molecule has 0 spiro atoms. The number of carbonyl (C=O) groups is 1. The molecule has 0 atom stereocenters. The summed E-state index contributed by atoms with van der Waals surface area (Å²) >= 11 is -0.360. The molecule has 5 nitrogen and oxygen atoms in total. The summed E-state index contributed by atoms with van der Waals surface area (Å²) in [5.74, 6) is -0.944. The highest BCUT2D eigenvalue weighted by Gasteiger charge is 2.31. The molecule has 0 heterocycles. The minimum atomic E-state index is -4.51. The minimum Gasteiger partial charge on any atom is -0.322 e. The van der Waals surface area contributed by atoms with E-state index in [-0.39, 0.29) is 34.5 Å². The molecule has 10 heteroatoms. The van der Waals surface area contributed by atoms with Crippen LogP contribution < -0.4 is 10.0 Å². The van der Waals surface area contributed by atoms with Gasteiger partial charge in [-0.25, -0.2) is 13.1 Å². The van der Waals surface area contributed by atoms with Crippen LogP contribution in [-0.4, -0.2) is 26.4 Å². The first kappa shape index (κ1) is 22.0. The maximum Gasteiger partial charge on any atom is 0.446 e. The van der Waals surface area contributed by atoms with Crippen molar-refractivity contribution in [2.24, 2.45) is 0 Å². The second kappa shape index (κ2) is 9.26. The molecule has 2 aromatic rings. The van der Waals surface area contributed by atoms with E-state index in [0.717, 1.165) is 0 Å². The van der Waals surface area contributed by atoms with Crippen molar-refractivity contribution in [3.63, 3.8) is 0 Å². The van der Waals surface area contributed by atoms with Crippen LogP contribution in [0.4, 0.5) is 18.9 Å². The maximum absolute atomic E-state index is 12.6. The van der Waals surface area contributed by atoms with Crippen molar-refractivity contribution in [3.8, 4) is 0 Å². The van der Waals surface area contributed by atoms with Crippen molar-refractivity contribution in [1.82, 2.24) is 4.72 Å². The Bertz CT molecular complexity index is 943. The van der Waals surface area contributed by atoms with Crippen molar-refractivity contribution < 1.29 is 26.4 Å². The van der Waals surface area contributed by atoms with Gasteiger partial charge in [-0.1, -0.05) is 30.3 Å². The molecule has 0 unspecified atom stereocenters. The lowest BCUT2D eigenvalue weighted by Gasteiger charge is -2.12. The van der Waals surface area contributed by atoms with Crippen molar-refractivity contribution in [1.29, 1.82) is 0 Å². The van der Waals surface area contributed by atoms with Crippen LogP contribution in [0.25, 0.3) is 0 Å². The second-order valence-electron chi connectivity index (χ2n) is 5.59. The number of alkyl halides is 3. The average Bonchev–Trinajstić information content (AvgIpc) is 2.60. The Kier molecular flexibility index (Phi) is 7.28. The average molecular weight is 430 g/mol. The number of hydrogen-bond acceptors (Lipinski definition) is 4. The van der Waals surface area contributed by atoms with Gasteiger partial charge in [-0.15, -0.1) is 6.58 Å². The van der Waals surface area contributed by atoms with E-state index in [1.54, 1.807) is 0 Å². The molecule has 2 rings (SSSR count). The number of anilines is 1. The van der Waals surface area contributed by atoms with Gasteiger partial charge in [0.2, 0.25) is 10.0 Å². The molecule has 0 aromatic heterocycles. The Balaban J connectivity index is 2.09. The summed E-state index contributed by atoms with van der Waals surface area (Å²) in [5, 5.41) is 2.51. The van der Waals surface area contributed by atoms with Crippen LogP contribution in [-0.2, 0) is 15.8 Å². The van der Waals surface area contributed by atoms with Crippen LogP contribution in [0.2, 0.25) is 0 Å². The third-order valence-electron chi connectivity index (χ3n) is 3.37. The summed E-state index contributed by atoms with van der Waals surface area (Å²) < 4.78 is 63.9. The smallest absolute Gasteiger partial charge is 0.322 e. The van der Waals surface area contributed by atoms with Crippen LogP contribution in [0.15, 0.2) is 66.1 Å². The fourth-order valence-corrected chi connectivity index (χ4v) is 3.98. The van der Waals surface area contributed by atoms with Gasteiger partial charge in [-0.2, -0.15) is 13.2 Å². The third-order valence-corrected chi connectivity index (χ3v) is 5.50. The molecular weight excluding hydrogens is 413 g/mol. The van der Waals surface area contributed by atoms with E-state index in [0.29, 0.717) is 11.3 Å². The Morgan fingerprint density at radius 1 is 1.11 bits per heavy atom. The quantitative estimate of drug-likeness (QED) is 0.487. The molecule has 0 fully saturated rings. The number of carbonyl (C=O) groups excluding carboxylic acids is 1. The van der Waals surface area contributed by atoms with Crippen LogP contribution in [0, 0.1) is 0 Å². The molecule has 2 aromatic carbocycles. The van der Waals surface area contributed by atoms with Crippen LogP contribution in [0.5, 0.6) is 0 Å². The van der Waals surface area contributed by atoms with Crippen molar-refractivity contribution in [2.75, 3.05) is 11.9 Å². The molecule has 0 saturated carbocycles. The lowest BCUT2D eigenvalue weighted by Crippen LogP contribution is -2.25. The Morgan fingerprint density at radius 2 is 1.75 bits per heavy atom. The van der Waals surface area contributed by atoms with Crippen LogP contribution in [0.3, 0.4) is 0 Å². The highest BCUT2D eigenvalue weighted by atomic mass is 32.2. The third kappa shape index (κ3) is 7.02. The number of sulfonamides is 1. The highest BCUT2D eigenvalue weighted by molar-refractivity contribution is 8.00. The molecule has 0 radical (unpaired) electrons. The molecule has 0 aliphatic heterocycles. The molecule has 150 valence electrons. The SMILES string of the molecule is C=CCNS(=O)(=O)Cc1ccc(NC(=O)c2ccccc2SC(F)(F)F)cc1. The topological polar surface area (TPSA) is 75.3 Å². The zero-order chi connectivity index (χ0) is 20.8. The van der Waals surface area contributed by atoms with Gasteiger partial charge in [-0.3, -0.25) is 4.79 Å². The van der Waals surface area contributed by atoms with Gasteiger partial charge in [0, 0.05) is 17.1 Å². The monoisotopic (exact) mass is 430 g/mol. The van der Waals surface area contributed by atoms with Crippen molar-refractivity contribution in [3.05, 3.63) is 72.3 Å². The summed E-state index contributed by atoms with van der Waals surface area (Å²) in [4.78, 5) is 12.1. The number of hydrogen-bond donors (Lipinski definition) is 2. The van der Waals surface area contributed by atoms with E-state index < -0.39 is 21.4 Å². The second-order valence-corrected chi connectivity index (χ2v) is 8.50. The standard InChI is InChI=1S/C18H17F3N2O3S2/c1-2-11-22-28(25,26)12-13-7-9-14(10-8-13)23-17(24)15-5-3-4-6-16(15)27-18(19,20)21/h2-10,22H,1,11-12H2,(H,23,24). The minimum absolute atomic E-state index is 0.106.